The van der Waals surface area contributed by atoms with Crippen LogP contribution in [0.3, 0.4) is 0 Å². The number of carbonyl (C=O) groups excluding carboxylic acids is 1. The normalized spacial score (nSPS) is 14.5. The second kappa shape index (κ2) is 6.64. The van der Waals surface area contributed by atoms with E-state index in [0.717, 1.165) is 47.5 Å². The predicted octanol–water partition coefficient (Wildman–Crippen LogP) is 5.15. The third kappa shape index (κ3) is 2.89. The summed E-state index contributed by atoms with van der Waals surface area (Å²) in [4.78, 5) is 12.5. The Morgan fingerprint density at radius 2 is 1.71 bits per heavy atom. The molecule has 0 bridgehead atoms. The van der Waals surface area contributed by atoms with Crippen LogP contribution in [0.15, 0.2) is 36.4 Å². The van der Waals surface area contributed by atoms with Gasteiger partial charge in [-0.1, -0.05) is 36.4 Å². The van der Waals surface area contributed by atoms with E-state index in [2.05, 4.69) is 32.0 Å². The summed E-state index contributed by atoms with van der Waals surface area (Å²) in [5.74, 6) is 0.982. The van der Waals surface area contributed by atoms with E-state index in [4.69, 9.17) is 4.74 Å². The molecule has 0 amide bonds. The Kier molecular flexibility index (Phi) is 4.57. The molecule has 2 aromatic rings. The van der Waals surface area contributed by atoms with Gasteiger partial charge in [-0.15, -0.1) is 0 Å². The molecular formula is C22H24O2. The van der Waals surface area contributed by atoms with Gasteiger partial charge in [0.2, 0.25) is 0 Å². The summed E-state index contributed by atoms with van der Waals surface area (Å²) in [5, 5.41) is 0. The second-order valence-electron chi connectivity index (χ2n) is 6.56. The van der Waals surface area contributed by atoms with Crippen molar-refractivity contribution in [1.82, 2.24) is 0 Å². The Morgan fingerprint density at radius 1 is 0.958 bits per heavy atom. The fourth-order valence-corrected chi connectivity index (χ4v) is 3.61. The van der Waals surface area contributed by atoms with Crippen LogP contribution in [0.2, 0.25) is 0 Å². The smallest absolute Gasteiger partial charge is 0.160 e. The first-order valence-electron chi connectivity index (χ1n) is 8.54. The molecule has 1 heterocycles. The van der Waals surface area contributed by atoms with E-state index in [1.807, 2.05) is 25.1 Å². The van der Waals surface area contributed by atoms with Crippen molar-refractivity contribution in [2.45, 2.75) is 40.5 Å². The van der Waals surface area contributed by atoms with Crippen molar-refractivity contribution in [3.05, 3.63) is 64.2 Å². The minimum Gasteiger partial charge on any atom is -0.493 e. The molecular weight excluding hydrogens is 296 g/mol. The van der Waals surface area contributed by atoms with Gasteiger partial charge in [0, 0.05) is 11.1 Å². The second-order valence-corrected chi connectivity index (χ2v) is 6.56. The van der Waals surface area contributed by atoms with Crippen LogP contribution in [-0.4, -0.2) is 12.4 Å². The van der Waals surface area contributed by atoms with E-state index in [1.165, 1.54) is 16.7 Å². The summed E-state index contributed by atoms with van der Waals surface area (Å²) in [6, 6.07) is 12.4. The zero-order chi connectivity index (χ0) is 17.3. The molecule has 0 aliphatic carbocycles. The molecule has 2 heteroatoms. The van der Waals surface area contributed by atoms with Crippen LogP contribution in [0.1, 0.15) is 48.1 Å². The highest BCUT2D eigenvalue weighted by Gasteiger charge is 2.23. The number of benzene rings is 2. The molecule has 0 radical (unpaired) electrons. The van der Waals surface area contributed by atoms with Gasteiger partial charge in [-0.2, -0.15) is 0 Å². The molecule has 124 valence electrons. The standard InChI is InChI=1S/C22H24O2/c1-14-8-5-6-9-18(14)16(3)21(17(4)23)20-12-11-15(2)19-10-7-13-24-22(19)20/h5-6,8-9,11-12H,7,10,13H2,1-4H3/b21-16+. The minimum absolute atomic E-state index is 0.0796. The van der Waals surface area contributed by atoms with Crippen LogP contribution in [0.4, 0.5) is 0 Å². The first-order valence-corrected chi connectivity index (χ1v) is 8.54. The lowest BCUT2D eigenvalue weighted by Gasteiger charge is -2.24. The Balaban J connectivity index is 2.26. The molecule has 0 saturated carbocycles. The molecule has 0 saturated heterocycles. The van der Waals surface area contributed by atoms with Gasteiger partial charge in [0.25, 0.3) is 0 Å². The molecule has 1 aliphatic heterocycles. The summed E-state index contributed by atoms with van der Waals surface area (Å²) in [5.41, 5.74) is 7.50. The fraction of sp³-hybridized carbons (Fsp3) is 0.318. The van der Waals surface area contributed by atoms with E-state index >= 15 is 0 Å². The van der Waals surface area contributed by atoms with E-state index < -0.39 is 0 Å². The third-order valence-electron chi connectivity index (χ3n) is 4.86. The molecule has 0 spiro atoms. The number of Topliss-reactive ketones (excluding diaryl/α,β-unsaturated/α-hetero) is 1. The van der Waals surface area contributed by atoms with Crippen LogP contribution in [-0.2, 0) is 11.2 Å². The van der Waals surface area contributed by atoms with Crippen molar-refractivity contribution >= 4 is 16.9 Å². The molecule has 0 fully saturated rings. The van der Waals surface area contributed by atoms with Gasteiger partial charge >= 0.3 is 0 Å². The third-order valence-corrected chi connectivity index (χ3v) is 4.86. The van der Waals surface area contributed by atoms with Gasteiger partial charge in [0.05, 0.1) is 6.61 Å². The number of ketones is 1. The van der Waals surface area contributed by atoms with Crippen molar-refractivity contribution in [1.29, 1.82) is 0 Å². The quantitative estimate of drug-likeness (QED) is 0.577. The SMILES string of the molecule is CC(=O)/C(=C(/C)c1ccccc1C)c1ccc(C)c2c1OCCC2. The molecule has 2 aromatic carbocycles. The van der Waals surface area contributed by atoms with Gasteiger partial charge in [0.15, 0.2) is 5.78 Å². The van der Waals surface area contributed by atoms with Crippen LogP contribution in [0.5, 0.6) is 5.75 Å². The molecule has 0 atom stereocenters. The number of ether oxygens (including phenoxy) is 1. The van der Waals surface area contributed by atoms with Crippen LogP contribution >= 0.6 is 0 Å². The molecule has 3 rings (SSSR count). The molecule has 24 heavy (non-hydrogen) atoms. The summed E-state index contributed by atoms with van der Waals surface area (Å²) in [6.45, 7) is 8.60. The molecule has 0 aromatic heterocycles. The Morgan fingerprint density at radius 3 is 2.42 bits per heavy atom. The number of carbonyl (C=O) groups is 1. The molecule has 2 nitrogen and oxygen atoms in total. The number of hydrogen-bond acceptors (Lipinski definition) is 2. The Hall–Kier alpha value is -2.35. The Bertz CT molecular complexity index is 828. The summed E-state index contributed by atoms with van der Waals surface area (Å²) >= 11 is 0. The fourth-order valence-electron chi connectivity index (χ4n) is 3.61. The maximum absolute atomic E-state index is 12.5. The van der Waals surface area contributed by atoms with Crippen molar-refractivity contribution in [2.75, 3.05) is 6.61 Å². The van der Waals surface area contributed by atoms with E-state index in [1.54, 1.807) is 6.92 Å². The maximum atomic E-state index is 12.5. The highest BCUT2D eigenvalue weighted by Crippen LogP contribution is 2.39. The molecule has 0 unspecified atom stereocenters. The average Bonchev–Trinajstić information content (AvgIpc) is 2.57. The lowest BCUT2D eigenvalue weighted by molar-refractivity contribution is -0.111. The zero-order valence-electron chi connectivity index (χ0n) is 14.9. The van der Waals surface area contributed by atoms with Crippen molar-refractivity contribution in [3.8, 4) is 5.75 Å². The zero-order valence-corrected chi connectivity index (χ0v) is 14.9. The van der Waals surface area contributed by atoms with Gasteiger partial charge < -0.3 is 4.74 Å². The first kappa shape index (κ1) is 16.5. The topological polar surface area (TPSA) is 26.3 Å². The van der Waals surface area contributed by atoms with Gasteiger partial charge in [-0.05, 0) is 68.4 Å². The van der Waals surface area contributed by atoms with Crippen molar-refractivity contribution in [2.24, 2.45) is 0 Å². The van der Waals surface area contributed by atoms with Crippen LogP contribution in [0.25, 0.3) is 11.1 Å². The summed E-state index contributed by atoms with van der Waals surface area (Å²) < 4.78 is 6.00. The van der Waals surface area contributed by atoms with E-state index in [9.17, 15) is 4.79 Å². The number of fused-ring (bicyclic) bond motifs is 1. The minimum atomic E-state index is 0.0796. The van der Waals surface area contributed by atoms with Crippen LogP contribution in [0, 0.1) is 13.8 Å². The monoisotopic (exact) mass is 320 g/mol. The largest absolute Gasteiger partial charge is 0.493 e. The molecule has 1 aliphatic rings. The van der Waals surface area contributed by atoms with E-state index in [-0.39, 0.29) is 5.78 Å². The van der Waals surface area contributed by atoms with Crippen molar-refractivity contribution < 1.29 is 9.53 Å². The maximum Gasteiger partial charge on any atom is 0.160 e. The Labute approximate surface area is 144 Å². The summed E-state index contributed by atoms with van der Waals surface area (Å²) in [6.07, 6.45) is 2.05. The highest BCUT2D eigenvalue weighted by molar-refractivity contribution is 6.27. The van der Waals surface area contributed by atoms with Gasteiger partial charge in [0.1, 0.15) is 5.75 Å². The summed E-state index contributed by atoms with van der Waals surface area (Å²) in [7, 11) is 0. The predicted molar refractivity (Wildman–Crippen MR) is 99.3 cm³/mol. The highest BCUT2D eigenvalue weighted by atomic mass is 16.5. The number of hydrogen-bond donors (Lipinski definition) is 0. The van der Waals surface area contributed by atoms with Gasteiger partial charge in [-0.25, -0.2) is 0 Å². The number of rotatable bonds is 3. The van der Waals surface area contributed by atoms with E-state index in [0.29, 0.717) is 0 Å². The first-order chi connectivity index (χ1) is 11.5. The number of aryl methyl sites for hydroxylation is 2. The van der Waals surface area contributed by atoms with Crippen molar-refractivity contribution in [3.63, 3.8) is 0 Å². The van der Waals surface area contributed by atoms with Gasteiger partial charge in [-0.3, -0.25) is 4.79 Å². The molecule has 0 N–H and O–H groups in total. The lowest BCUT2D eigenvalue weighted by Crippen LogP contribution is -2.13. The van der Waals surface area contributed by atoms with Crippen LogP contribution < -0.4 is 4.74 Å². The number of allylic oxidation sites excluding steroid dienone is 2. The average molecular weight is 320 g/mol. The lowest BCUT2D eigenvalue weighted by atomic mass is 9.87.